The number of aliphatic imine (C=N–C) groups is 1. The maximum Gasteiger partial charge on any atom is 0.240 e. The van der Waals surface area contributed by atoms with Crippen molar-refractivity contribution < 1.29 is 13.5 Å². The third-order valence-corrected chi connectivity index (χ3v) is 9.05. The van der Waals surface area contributed by atoms with Gasteiger partial charge < -0.3 is 10.4 Å². The molecular formula is C26H33N3O3S. The molecule has 176 valence electrons. The molecule has 3 aliphatic rings. The highest BCUT2D eigenvalue weighted by Crippen LogP contribution is 2.40. The fourth-order valence-corrected chi connectivity index (χ4v) is 6.81. The molecular weight excluding hydrogens is 434 g/mol. The number of hydrogen-bond acceptors (Lipinski definition) is 5. The first-order valence-electron chi connectivity index (χ1n) is 12.1. The Morgan fingerprint density at radius 1 is 0.939 bits per heavy atom. The van der Waals surface area contributed by atoms with Crippen molar-refractivity contribution in [1.82, 2.24) is 10.0 Å². The van der Waals surface area contributed by atoms with E-state index in [0.29, 0.717) is 41.0 Å². The van der Waals surface area contributed by atoms with Crippen molar-refractivity contribution in [2.24, 2.45) is 16.8 Å². The Labute approximate surface area is 196 Å². The zero-order valence-electron chi connectivity index (χ0n) is 18.9. The van der Waals surface area contributed by atoms with Gasteiger partial charge in [0.1, 0.15) is 5.75 Å². The van der Waals surface area contributed by atoms with Crippen molar-refractivity contribution in [1.29, 1.82) is 0 Å². The van der Waals surface area contributed by atoms with Gasteiger partial charge >= 0.3 is 0 Å². The van der Waals surface area contributed by atoms with Gasteiger partial charge in [0.15, 0.2) is 0 Å². The van der Waals surface area contributed by atoms with Crippen molar-refractivity contribution in [3.8, 4) is 5.75 Å². The number of sulfonamides is 1. The minimum Gasteiger partial charge on any atom is -0.508 e. The van der Waals surface area contributed by atoms with Crippen LogP contribution >= 0.6 is 0 Å². The Bertz CT molecular complexity index is 1110. The Balaban J connectivity index is 1.07. The van der Waals surface area contributed by atoms with Crippen LogP contribution in [0.15, 0.2) is 58.4 Å². The SMILES string of the molecule is O=S(=O)(NCC1CCC(CNC2=N[C@H]3CCc4cc(O)ccc4[C@H]3C2)CC1)c1ccccc1. The average Bonchev–Trinajstić information content (AvgIpc) is 3.26. The lowest BCUT2D eigenvalue weighted by molar-refractivity contribution is 0.275. The summed E-state index contributed by atoms with van der Waals surface area (Å²) in [5, 5.41) is 13.4. The number of rotatable bonds is 6. The highest BCUT2D eigenvalue weighted by molar-refractivity contribution is 7.89. The first kappa shape index (κ1) is 22.4. The van der Waals surface area contributed by atoms with Crippen molar-refractivity contribution in [3.05, 3.63) is 59.7 Å². The number of nitrogens with zero attached hydrogens (tertiary/aromatic N) is 1. The number of phenols is 1. The molecule has 2 aromatic carbocycles. The lowest BCUT2D eigenvalue weighted by Gasteiger charge is -2.29. The minimum absolute atomic E-state index is 0.334. The van der Waals surface area contributed by atoms with Gasteiger partial charge in [0.25, 0.3) is 0 Å². The summed E-state index contributed by atoms with van der Waals surface area (Å²) in [6.45, 7) is 1.46. The normalized spacial score (nSPS) is 26.8. The second kappa shape index (κ2) is 9.47. The van der Waals surface area contributed by atoms with E-state index < -0.39 is 10.0 Å². The molecule has 0 radical (unpaired) electrons. The zero-order valence-corrected chi connectivity index (χ0v) is 19.7. The van der Waals surface area contributed by atoms with Gasteiger partial charge in [-0.2, -0.15) is 0 Å². The molecule has 0 aromatic heterocycles. The van der Waals surface area contributed by atoms with Crippen LogP contribution in [0.1, 0.15) is 55.6 Å². The van der Waals surface area contributed by atoms with Crippen molar-refractivity contribution >= 4 is 15.9 Å². The lowest BCUT2D eigenvalue weighted by Crippen LogP contribution is -2.34. The molecule has 0 unspecified atom stereocenters. The van der Waals surface area contributed by atoms with E-state index >= 15 is 0 Å². The average molecular weight is 468 g/mol. The molecule has 2 atom stereocenters. The van der Waals surface area contributed by atoms with Gasteiger partial charge in [0, 0.05) is 25.4 Å². The molecule has 0 spiro atoms. The maximum atomic E-state index is 12.4. The molecule has 1 saturated carbocycles. The van der Waals surface area contributed by atoms with Gasteiger partial charge in [-0.25, -0.2) is 13.1 Å². The van der Waals surface area contributed by atoms with Crippen LogP contribution in [0.2, 0.25) is 0 Å². The number of benzene rings is 2. The molecule has 0 saturated heterocycles. The number of aryl methyl sites for hydroxylation is 1. The topological polar surface area (TPSA) is 90.8 Å². The highest BCUT2D eigenvalue weighted by atomic mass is 32.2. The van der Waals surface area contributed by atoms with Crippen molar-refractivity contribution in [3.63, 3.8) is 0 Å². The fourth-order valence-electron chi connectivity index (χ4n) is 5.67. The van der Waals surface area contributed by atoms with Crippen molar-refractivity contribution in [2.75, 3.05) is 13.1 Å². The molecule has 5 rings (SSSR count). The van der Waals surface area contributed by atoms with Gasteiger partial charge in [-0.3, -0.25) is 4.99 Å². The molecule has 2 aromatic rings. The van der Waals surface area contributed by atoms with Crippen LogP contribution in [0, 0.1) is 11.8 Å². The summed E-state index contributed by atoms with van der Waals surface area (Å²) in [4.78, 5) is 5.32. The zero-order chi connectivity index (χ0) is 22.8. The van der Waals surface area contributed by atoms with Crippen LogP contribution in [0.5, 0.6) is 5.75 Å². The van der Waals surface area contributed by atoms with E-state index in [1.54, 1.807) is 30.3 Å². The maximum absolute atomic E-state index is 12.4. The molecule has 1 aliphatic heterocycles. The van der Waals surface area contributed by atoms with E-state index in [0.717, 1.165) is 57.3 Å². The quantitative estimate of drug-likeness (QED) is 0.600. The van der Waals surface area contributed by atoms with E-state index in [9.17, 15) is 13.5 Å². The van der Waals surface area contributed by atoms with Gasteiger partial charge in [0.05, 0.1) is 16.8 Å². The molecule has 7 heteroatoms. The summed E-state index contributed by atoms with van der Waals surface area (Å²) in [6, 6.07) is 14.7. The lowest BCUT2D eigenvalue weighted by atomic mass is 9.79. The van der Waals surface area contributed by atoms with Crippen LogP contribution in [0.3, 0.4) is 0 Å². The van der Waals surface area contributed by atoms with Crippen LogP contribution in [0.25, 0.3) is 0 Å². The van der Waals surface area contributed by atoms with Crippen LogP contribution in [0.4, 0.5) is 0 Å². The molecule has 33 heavy (non-hydrogen) atoms. The minimum atomic E-state index is -3.42. The number of hydrogen-bond donors (Lipinski definition) is 3. The van der Waals surface area contributed by atoms with Crippen LogP contribution < -0.4 is 10.0 Å². The summed E-state index contributed by atoms with van der Waals surface area (Å²) >= 11 is 0. The summed E-state index contributed by atoms with van der Waals surface area (Å²) < 4.78 is 27.7. The van der Waals surface area contributed by atoms with E-state index in [2.05, 4.69) is 16.1 Å². The van der Waals surface area contributed by atoms with E-state index in [1.807, 2.05) is 12.1 Å². The van der Waals surface area contributed by atoms with Gasteiger partial charge in [-0.05, 0) is 85.8 Å². The molecule has 1 heterocycles. The third kappa shape index (κ3) is 5.09. The Kier molecular flexibility index (Phi) is 6.43. The molecule has 3 N–H and O–H groups in total. The van der Waals surface area contributed by atoms with Gasteiger partial charge in [0.2, 0.25) is 10.0 Å². The second-order valence-corrected chi connectivity index (χ2v) is 11.6. The highest BCUT2D eigenvalue weighted by Gasteiger charge is 2.35. The van der Waals surface area contributed by atoms with E-state index in [-0.39, 0.29) is 0 Å². The Morgan fingerprint density at radius 2 is 1.67 bits per heavy atom. The third-order valence-electron chi connectivity index (χ3n) is 7.61. The standard InChI is InChI=1S/C26H33N3O3S/c30-21-11-12-23-20(14-21)10-13-25-24(23)15-26(29-25)27-16-18-6-8-19(9-7-18)17-28-33(31,32)22-4-2-1-3-5-22/h1-5,11-12,14,18-19,24-25,28,30H,6-10,13,15-17H2,(H,27,29)/t18?,19?,24-,25+/m1/s1. The molecule has 6 nitrogen and oxygen atoms in total. The summed E-state index contributed by atoms with van der Waals surface area (Å²) in [5.41, 5.74) is 2.62. The molecule has 0 bridgehead atoms. The van der Waals surface area contributed by atoms with E-state index in [1.165, 1.54) is 11.1 Å². The predicted molar refractivity (Wildman–Crippen MR) is 130 cm³/mol. The molecule has 0 amide bonds. The first-order valence-corrected chi connectivity index (χ1v) is 13.6. The Morgan fingerprint density at radius 3 is 2.42 bits per heavy atom. The summed E-state index contributed by atoms with van der Waals surface area (Å²) in [5.74, 6) is 2.93. The number of nitrogens with one attached hydrogen (secondary N) is 2. The molecule has 2 aliphatic carbocycles. The number of fused-ring (bicyclic) bond motifs is 3. The monoisotopic (exact) mass is 467 g/mol. The summed E-state index contributed by atoms with van der Waals surface area (Å²) in [7, 11) is -3.42. The Hall–Kier alpha value is -2.38. The molecule has 1 fully saturated rings. The van der Waals surface area contributed by atoms with E-state index in [4.69, 9.17) is 4.99 Å². The van der Waals surface area contributed by atoms with Crippen LogP contribution in [-0.4, -0.2) is 38.5 Å². The predicted octanol–water partition coefficient (Wildman–Crippen LogP) is 3.97. The van der Waals surface area contributed by atoms with Crippen LogP contribution in [-0.2, 0) is 16.4 Å². The second-order valence-electron chi connectivity index (χ2n) is 9.81. The smallest absolute Gasteiger partial charge is 0.240 e. The summed E-state index contributed by atoms with van der Waals surface area (Å²) in [6.07, 6.45) is 7.34. The van der Waals surface area contributed by atoms with Gasteiger partial charge in [-0.15, -0.1) is 0 Å². The largest absolute Gasteiger partial charge is 0.508 e. The van der Waals surface area contributed by atoms with Gasteiger partial charge in [-0.1, -0.05) is 24.3 Å². The number of aromatic hydroxyl groups is 1. The first-order chi connectivity index (χ1) is 16.0. The fraction of sp³-hybridized carbons (Fsp3) is 0.500. The number of amidine groups is 1. The number of phenolic OH excluding ortho intramolecular Hbond substituents is 1. The van der Waals surface area contributed by atoms with Crippen molar-refractivity contribution in [2.45, 2.75) is 61.8 Å².